The molecule has 0 amide bonds. The fourth-order valence-corrected chi connectivity index (χ4v) is 3.66. The lowest BCUT2D eigenvalue weighted by Crippen LogP contribution is -2.48. The molecular formula is C17H23ClN2O2. The standard InChI is InChI=1S/C17H23ClN2O2/c1-5-7-19-16-10-15(18)13(6-8-20(21)22)9-14(16)12(2)11-17(19,3)4/h6,8-10,12H,5,7,11H2,1-4H3/b8-6+. The Bertz CT molecular complexity index is 611. The summed E-state index contributed by atoms with van der Waals surface area (Å²) in [5, 5.41) is 11.1. The Morgan fingerprint density at radius 1 is 1.50 bits per heavy atom. The minimum Gasteiger partial charge on any atom is -0.366 e. The monoisotopic (exact) mass is 322 g/mol. The van der Waals surface area contributed by atoms with E-state index in [9.17, 15) is 10.1 Å². The zero-order chi connectivity index (χ0) is 16.5. The summed E-state index contributed by atoms with van der Waals surface area (Å²) in [4.78, 5) is 12.5. The lowest BCUT2D eigenvalue weighted by molar-refractivity contribution is -0.400. The normalized spacial score (nSPS) is 20.2. The molecule has 1 aromatic rings. The second-order valence-corrected chi connectivity index (χ2v) is 7.01. The van der Waals surface area contributed by atoms with Gasteiger partial charge in [0.1, 0.15) is 0 Å². The van der Waals surface area contributed by atoms with Gasteiger partial charge in [-0.15, -0.1) is 0 Å². The summed E-state index contributed by atoms with van der Waals surface area (Å²) in [6.45, 7) is 9.88. The second-order valence-electron chi connectivity index (χ2n) is 6.60. The Kier molecular flexibility index (Phi) is 4.81. The third kappa shape index (κ3) is 3.27. The molecule has 5 heteroatoms. The Hall–Kier alpha value is -1.55. The predicted molar refractivity (Wildman–Crippen MR) is 92.2 cm³/mol. The molecular weight excluding hydrogens is 300 g/mol. The van der Waals surface area contributed by atoms with Crippen LogP contribution in [-0.4, -0.2) is 17.0 Å². The summed E-state index contributed by atoms with van der Waals surface area (Å²) in [5.41, 5.74) is 3.18. The third-order valence-corrected chi connectivity index (χ3v) is 4.65. The number of rotatable bonds is 4. The zero-order valence-electron chi connectivity index (χ0n) is 13.6. The van der Waals surface area contributed by atoms with E-state index in [4.69, 9.17) is 11.6 Å². The average Bonchev–Trinajstić information content (AvgIpc) is 2.41. The summed E-state index contributed by atoms with van der Waals surface area (Å²) in [7, 11) is 0. The van der Waals surface area contributed by atoms with Crippen LogP contribution in [-0.2, 0) is 0 Å². The van der Waals surface area contributed by atoms with E-state index in [0.29, 0.717) is 16.5 Å². The van der Waals surface area contributed by atoms with Gasteiger partial charge < -0.3 is 4.90 Å². The molecule has 0 N–H and O–H groups in total. The van der Waals surface area contributed by atoms with E-state index in [1.165, 1.54) is 11.6 Å². The van der Waals surface area contributed by atoms with Crippen molar-refractivity contribution in [1.82, 2.24) is 0 Å². The Morgan fingerprint density at radius 2 is 2.18 bits per heavy atom. The molecule has 0 bridgehead atoms. The molecule has 4 nitrogen and oxygen atoms in total. The van der Waals surface area contributed by atoms with Crippen molar-refractivity contribution in [3.8, 4) is 0 Å². The number of anilines is 1. The summed E-state index contributed by atoms with van der Waals surface area (Å²) in [5.74, 6) is 0.401. The number of halogens is 1. The predicted octanol–water partition coefficient (Wildman–Crippen LogP) is 5.09. The molecule has 0 radical (unpaired) electrons. The molecule has 1 heterocycles. The molecule has 0 saturated heterocycles. The molecule has 0 spiro atoms. The van der Waals surface area contributed by atoms with Gasteiger partial charge in [0, 0.05) is 23.8 Å². The number of fused-ring (bicyclic) bond motifs is 1. The Balaban J connectivity index is 2.52. The fourth-order valence-electron chi connectivity index (χ4n) is 3.44. The van der Waals surface area contributed by atoms with Crippen molar-refractivity contribution in [1.29, 1.82) is 0 Å². The summed E-state index contributed by atoms with van der Waals surface area (Å²) < 4.78 is 0. The number of nitrogens with zero attached hydrogens (tertiary/aromatic N) is 2. The van der Waals surface area contributed by atoms with Crippen LogP contribution in [0.3, 0.4) is 0 Å². The van der Waals surface area contributed by atoms with Gasteiger partial charge in [-0.3, -0.25) is 10.1 Å². The molecule has 1 atom stereocenters. The molecule has 22 heavy (non-hydrogen) atoms. The minimum atomic E-state index is -0.467. The maximum absolute atomic E-state index is 10.5. The van der Waals surface area contributed by atoms with Crippen molar-refractivity contribution in [2.75, 3.05) is 11.4 Å². The Labute approximate surface area is 136 Å². The molecule has 0 aliphatic carbocycles. The molecule has 0 aromatic heterocycles. The van der Waals surface area contributed by atoms with Gasteiger partial charge in [0.2, 0.25) is 6.20 Å². The largest absolute Gasteiger partial charge is 0.366 e. The molecule has 0 saturated carbocycles. The van der Waals surface area contributed by atoms with Gasteiger partial charge in [0.25, 0.3) is 0 Å². The summed E-state index contributed by atoms with van der Waals surface area (Å²) in [6, 6.07) is 3.96. The second kappa shape index (κ2) is 6.29. The van der Waals surface area contributed by atoms with Crippen LogP contribution in [0.15, 0.2) is 18.3 Å². The SMILES string of the molecule is CCCN1c2cc(Cl)c(/C=C/[N+](=O)[O-])cc2C(C)CC1(C)C. The number of hydrogen-bond donors (Lipinski definition) is 0. The maximum Gasteiger partial charge on any atom is 0.235 e. The minimum absolute atomic E-state index is 0.0872. The van der Waals surface area contributed by atoms with Gasteiger partial charge in [-0.05, 0) is 55.9 Å². The lowest BCUT2D eigenvalue weighted by Gasteiger charge is -2.47. The van der Waals surface area contributed by atoms with Crippen molar-refractivity contribution in [2.45, 2.75) is 52.0 Å². The van der Waals surface area contributed by atoms with Gasteiger partial charge in [0.15, 0.2) is 0 Å². The van der Waals surface area contributed by atoms with Crippen LogP contribution in [0.1, 0.15) is 57.6 Å². The lowest BCUT2D eigenvalue weighted by atomic mass is 9.79. The molecule has 2 rings (SSSR count). The van der Waals surface area contributed by atoms with Crippen molar-refractivity contribution in [3.63, 3.8) is 0 Å². The quantitative estimate of drug-likeness (QED) is 0.573. The van der Waals surface area contributed by atoms with Crippen LogP contribution in [0, 0.1) is 10.1 Å². The van der Waals surface area contributed by atoms with Crippen molar-refractivity contribution >= 4 is 23.4 Å². The van der Waals surface area contributed by atoms with E-state index >= 15 is 0 Å². The van der Waals surface area contributed by atoms with Crippen LogP contribution in [0.2, 0.25) is 5.02 Å². The van der Waals surface area contributed by atoms with E-state index in [2.05, 4.69) is 32.6 Å². The number of benzene rings is 1. The first-order chi connectivity index (χ1) is 10.3. The molecule has 1 aromatic carbocycles. The molecule has 1 unspecified atom stereocenters. The highest BCUT2D eigenvalue weighted by molar-refractivity contribution is 6.32. The number of hydrogen-bond acceptors (Lipinski definition) is 3. The van der Waals surface area contributed by atoms with Crippen LogP contribution < -0.4 is 4.90 Å². The van der Waals surface area contributed by atoms with Crippen molar-refractivity contribution < 1.29 is 4.92 Å². The van der Waals surface area contributed by atoms with Crippen LogP contribution >= 0.6 is 11.6 Å². The van der Waals surface area contributed by atoms with Crippen LogP contribution in [0.4, 0.5) is 5.69 Å². The van der Waals surface area contributed by atoms with E-state index in [1.807, 2.05) is 12.1 Å². The van der Waals surface area contributed by atoms with Crippen LogP contribution in [0.25, 0.3) is 6.08 Å². The zero-order valence-corrected chi connectivity index (χ0v) is 14.4. The molecule has 1 aliphatic rings. The summed E-state index contributed by atoms with van der Waals surface area (Å²) >= 11 is 6.35. The van der Waals surface area contributed by atoms with E-state index in [-0.39, 0.29) is 5.54 Å². The first-order valence-corrected chi connectivity index (χ1v) is 8.07. The topological polar surface area (TPSA) is 46.4 Å². The first kappa shape index (κ1) is 16.8. The Morgan fingerprint density at radius 3 is 2.77 bits per heavy atom. The van der Waals surface area contributed by atoms with E-state index < -0.39 is 4.92 Å². The van der Waals surface area contributed by atoms with E-state index in [1.54, 1.807) is 0 Å². The highest BCUT2D eigenvalue weighted by Crippen LogP contribution is 2.45. The van der Waals surface area contributed by atoms with Gasteiger partial charge in [-0.25, -0.2) is 0 Å². The first-order valence-electron chi connectivity index (χ1n) is 7.69. The van der Waals surface area contributed by atoms with Gasteiger partial charge in [-0.2, -0.15) is 0 Å². The van der Waals surface area contributed by atoms with Gasteiger partial charge in [-0.1, -0.05) is 25.4 Å². The summed E-state index contributed by atoms with van der Waals surface area (Å²) in [6.07, 6.45) is 4.53. The highest BCUT2D eigenvalue weighted by Gasteiger charge is 2.36. The highest BCUT2D eigenvalue weighted by atomic mass is 35.5. The smallest absolute Gasteiger partial charge is 0.235 e. The van der Waals surface area contributed by atoms with Gasteiger partial charge in [0.05, 0.1) is 9.95 Å². The average molecular weight is 323 g/mol. The molecule has 120 valence electrons. The number of nitro groups is 1. The molecule has 1 aliphatic heterocycles. The maximum atomic E-state index is 10.5. The van der Waals surface area contributed by atoms with Gasteiger partial charge >= 0.3 is 0 Å². The van der Waals surface area contributed by atoms with E-state index in [0.717, 1.165) is 31.3 Å². The fraction of sp³-hybridized carbons (Fsp3) is 0.529. The molecule has 0 fully saturated rings. The third-order valence-electron chi connectivity index (χ3n) is 4.33. The van der Waals surface area contributed by atoms with Crippen molar-refractivity contribution in [3.05, 3.63) is 44.6 Å². The van der Waals surface area contributed by atoms with Crippen molar-refractivity contribution in [2.24, 2.45) is 0 Å². The van der Waals surface area contributed by atoms with Crippen LogP contribution in [0.5, 0.6) is 0 Å².